The topological polar surface area (TPSA) is 46.2 Å². The second-order valence-electron chi connectivity index (χ2n) is 4.01. The van der Waals surface area contributed by atoms with Crippen LogP contribution in [0.15, 0.2) is 16.3 Å². The molecule has 0 aliphatic heterocycles. The van der Waals surface area contributed by atoms with E-state index >= 15 is 0 Å². The molecule has 0 aliphatic carbocycles. The Morgan fingerprint density at radius 2 is 2.12 bits per heavy atom. The maximum absolute atomic E-state index is 12.1. The molecule has 1 rings (SSSR count). The summed E-state index contributed by atoms with van der Waals surface area (Å²) in [5, 5.41) is 0.767. The van der Waals surface area contributed by atoms with Crippen molar-refractivity contribution in [1.29, 1.82) is 0 Å². The summed E-state index contributed by atoms with van der Waals surface area (Å²) in [6, 6.07) is 3.05. The van der Waals surface area contributed by atoms with Gasteiger partial charge >= 0.3 is 0 Å². The second kappa shape index (κ2) is 6.52. The molecule has 1 aromatic rings. The van der Waals surface area contributed by atoms with Crippen molar-refractivity contribution in [3.63, 3.8) is 0 Å². The minimum Gasteiger partial charge on any atom is -0.207 e. The zero-order valence-electron chi connectivity index (χ0n) is 9.61. The number of halogens is 2. The molecular formula is C10H15BrClNO2S2. The molecule has 1 aromatic heterocycles. The Morgan fingerprint density at radius 1 is 1.47 bits per heavy atom. The van der Waals surface area contributed by atoms with Gasteiger partial charge in [-0.05, 0) is 24.5 Å². The summed E-state index contributed by atoms with van der Waals surface area (Å²) < 4.78 is 27.6. The first-order chi connectivity index (χ1) is 7.86. The van der Waals surface area contributed by atoms with Crippen molar-refractivity contribution in [3.05, 3.63) is 16.5 Å². The van der Waals surface area contributed by atoms with Crippen LogP contribution in [0.25, 0.3) is 0 Å². The van der Waals surface area contributed by atoms with Gasteiger partial charge in [-0.2, -0.15) is 0 Å². The van der Waals surface area contributed by atoms with Crippen molar-refractivity contribution < 1.29 is 8.42 Å². The summed E-state index contributed by atoms with van der Waals surface area (Å²) >= 11 is 10.1. The van der Waals surface area contributed by atoms with Crippen LogP contribution in [0, 0.1) is 5.92 Å². The fourth-order valence-electron chi connectivity index (χ4n) is 1.35. The average molecular weight is 361 g/mol. The number of hydrogen-bond acceptors (Lipinski definition) is 3. The van der Waals surface area contributed by atoms with Crippen molar-refractivity contribution in [2.24, 2.45) is 5.92 Å². The van der Waals surface area contributed by atoms with Crippen molar-refractivity contribution in [3.8, 4) is 0 Å². The fourth-order valence-corrected chi connectivity index (χ4v) is 4.76. The van der Waals surface area contributed by atoms with Crippen LogP contribution in [0.3, 0.4) is 0 Å². The molecule has 0 radical (unpaired) electrons. The van der Waals surface area contributed by atoms with Gasteiger partial charge in [0, 0.05) is 11.4 Å². The molecule has 0 fully saturated rings. The molecule has 17 heavy (non-hydrogen) atoms. The van der Waals surface area contributed by atoms with Crippen LogP contribution in [-0.4, -0.2) is 19.8 Å². The molecule has 0 amide bonds. The molecule has 1 unspecified atom stereocenters. The van der Waals surface area contributed by atoms with E-state index in [1.165, 1.54) is 6.07 Å². The van der Waals surface area contributed by atoms with Crippen LogP contribution in [0.5, 0.6) is 0 Å². The molecule has 0 aromatic carbocycles. The quantitative estimate of drug-likeness (QED) is 0.789. The van der Waals surface area contributed by atoms with Crippen LogP contribution in [-0.2, 0) is 10.0 Å². The van der Waals surface area contributed by atoms with Crippen molar-refractivity contribution in [2.75, 3.05) is 5.33 Å². The van der Waals surface area contributed by atoms with Gasteiger partial charge in [-0.1, -0.05) is 41.4 Å². The molecular weight excluding hydrogens is 346 g/mol. The maximum Gasteiger partial charge on any atom is 0.250 e. The molecule has 1 atom stereocenters. The lowest BCUT2D eigenvalue weighted by atomic mass is 10.0. The summed E-state index contributed by atoms with van der Waals surface area (Å²) in [6.45, 7) is 3.99. The highest BCUT2D eigenvalue weighted by molar-refractivity contribution is 9.09. The minimum atomic E-state index is -3.44. The molecule has 3 nitrogen and oxygen atoms in total. The molecule has 1 heterocycles. The van der Waals surface area contributed by atoms with E-state index in [0.717, 1.165) is 23.1 Å². The predicted octanol–water partition coefficient (Wildman–Crippen LogP) is 3.49. The Bertz CT molecular complexity index is 459. The summed E-state index contributed by atoms with van der Waals surface area (Å²) in [4.78, 5) is 0. The van der Waals surface area contributed by atoms with Crippen LogP contribution < -0.4 is 4.72 Å². The first kappa shape index (κ1) is 15.4. The summed E-state index contributed by atoms with van der Waals surface area (Å²) in [5.74, 6) is 0.248. The Morgan fingerprint density at radius 3 is 2.53 bits per heavy atom. The number of sulfonamides is 1. The predicted molar refractivity (Wildman–Crippen MR) is 76.7 cm³/mol. The zero-order valence-corrected chi connectivity index (χ0v) is 13.6. The number of alkyl halides is 1. The van der Waals surface area contributed by atoms with Gasteiger partial charge in [0.1, 0.15) is 4.21 Å². The van der Waals surface area contributed by atoms with Crippen molar-refractivity contribution in [2.45, 2.75) is 30.5 Å². The van der Waals surface area contributed by atoms with Gasteiger partial charge in [-0.25, -0.2) is 13.1 Å². The van der Waals surface area contributed by atoms with Crippen molar-refractivity contribution >= 4 is 48.9 Å². The Hall–Kier alpha value is 0.380. The Balaban J connectivity index is 2.84. The van der Waals surface area contributed by atoms with Gasteiger partial charge < -0.3 is 0 Å². The standard InChI is InChI=1S/C10H15BrClNO2S2/c1-7(2)8(5-6-11)13-17(14,15)10-4-3-9(12)16-10/h3-4,7-8,13H,5-6H2,1-2H3. The van der Waals surface area contributed by atoms with E-state index in [4.69, 9.17) is 11.6 Å². The third-order valence-corrected chi connectivity index (χ3v) is 6.02. The van der Waals surface area contributed by atoms with E-state index in [1.807, 2.05) is 13.8 Å². The van der Waals surface area contributed by atoms with Gasteiger partial charge in [0.2, 0.25) is 10.0 Å². The van der Waals surface area contributed by atoms with E-state index < -0.39 is 10.0 Å². The molecule has 0 saturated carbocycles. The van der Waals surface area contributed by atoms with Gasteiger partial charge in [0.05, 0.1) is 4.34 Å². The van der Waals surface area contributed by atoms with E-state index in [2.05, 4.69) is 20.7 Å². The van der Waals surface area contributed by atoms with E-state index in [1.54, 1.807) is 6.07 Å². The van der Waals surface area contributed by atoms with Crippen LogP contribution in [0.2, 0.25) is 4.34 Å². The molecule has 1 N–H and O–H groups in total. The zero-order chi connectivity index (χ0) is 13.1. The van der Waals surface area contributed by atoms with Crippen LogP contribution >= 0.6 is 38.9 Å². The molecule has 0 spiro atoms. The lowest BCUT2D eigenvalue weighted by Gasteiger charge is -2.20. The summed E-state index contributed by atoms with van der Waals surface area (Å²) in [6.07, 6.45) is 0.760. The highest BCUT2D eigenvalue weighted by Crippen LogP contribution is 2.26. The van der Waals surface area contributed by atoms with Gasteiger partial charge in [-0.15, -0.1) is 11.3 Å². The van der Waals surface area contributed by atoms with E-state index in [-0.39, 0.29) is 16.2 Å². The number of rotatable bonds is 6. The molecule has 0 saturated heterocycles. The number of nitrogens with one attached hydrogen (secondary N) is 1. The number of thiophene rings is 1. The highest BCUT2D eigenvalue weighted by atomic mass is 79.9. The van der Waals surface area contributed by atoms with E-state index in [9.17, 15) is 8.42 Å². The lowest BCUT2D eigenvalue weighted by molar-refractivity contribution is 0.441. The molecule has 0 aliphatic rings. The third-order valence-electron chi connectivity index (χ3n) is 2.34. The average Bonchev–Trinajstić information content (AvgIpc) is 2.64. The van der Waals surface area contributed by atoms with Gasteiger partial charge in [0.15, 0.2) is 0 Å². The first-order valence-electron chi connectivity index (χ1n) is 5.20. The SMILES string of the molecule is CC(C)C(CCBr)NS(=O)(=O)c1ccc(Cl)s1. The monoisotopic (exact) mass is 359 g/mol. The normalized spacial score (nSPS) is 14.2. The van der Waals surface area contributed by atoms with Crippen molar-refractivity contribution in [1.82, 2.24) is 4.72 Å². The van der Waals surface area contributed by atoms with Crippen LogP contribution in [0.4, 0.5) is 0 Å². The lowest BCUT2D eigenvalue weighted by Crippen LogP contribution is -2.38. The summed E-state index contributed by atoms with van der Waals surface area (Å²) in [5.41, 5.74) is 0. The number of hydrogen-bond donors (Lipinski definition) is 1. The molecule has 7 heteroatoms. The fraction of sp³-hybridized carbons (Fsp3) is 0.600. The highest BCUT2D eigenvalue weighted by Gasteiger charge is 2.23. The Kier molecular flexibility index (Phi) is 5.92. The summed E-state index contributed by atoms with van der Waals surface area (Å²) in [7, 11) is -3.44. The minimum absolute atomic E-state index is 0.0692. The van der Waals surface area contributed by atoms with Gasteiger partial charge in [0.25, 0.3) is 0 Å². The van der Waals surface area contributed by atoms with Crippen LogP contribution in [0.1, 0.15) is 20.3 Å². The third kappa shape index (κ3) is 4.52. The smallest absolute Gasteiger partial charge is 0.207 e. The molecule has 98 valence electrons. The Labute approximate surface area is 120 Å². The maximum atomic E-state index is 12.1. The molecule has 0 bridgehead atoms. The van der Waals surface area contributed by atoms with E-state index in [0.29, 0.717) is 4.34 Å². The largest absolute Gasteiger partial charge is 0.250 e. The van der Waals surface area contributed by atoms with Gasteiger partial charge in [-0.3, -0.25) is 0 Å². The second-order valence-corrected chi connectivity index (χ2v) is 8.46. The first-order valence-corrected chi connectivity index (χ1v) is 9.00.